The number of rotatable bonds is 5. The maximum Gasteiger partial charge on any atom is 0.338 e. The Morgan fingerprint density at radius 3 is 2.49 bits per heavy atom. The van der Waals surface area contributed by atoms with Gasteiger partial charge in [-0.1, -0.05) is 35.6 Å². The summed E-state index contributed by atoms with van der Waals surface area (Å²) in [4.78, 5) is 58.7. The minimum absolute atomic E-state index is 0.164. The number of para-hydroxylation sites is 1. The smallest absolute Gasteiger partial charge is 0.338 e. The van der Waals surface area contributed by atoms with Crippen LogP contribution < -0.4 is 29.3 Å². The molecular formula is C28H25N3O7S. The number of esters is 2. The van der Waals surface area contributed by atoms with Crippen molar-refractivity contribution in [1.82, 2.24) is 4.57 Å². The van der Waals surface area contributed by atoms with Gasteiger partial charge in [0.15, 0.2) is 16.3 Å². The van der Waals surface area contributed by atoms with Crippen molar-refractivity contribution >= 4 is 40.4 Å². The molecule has 0 saturated heterocycles. The highest BCUT2D eigenvalue weighted by atomic mass is 32.1. The van der Waals surface area contributed by atoms with Crippen molar-refractivity contribution in [3.8, 4) is 11.5 Å². The van der Waals surface area contributed by atoms with Gasteiger partial charge in [-0.15, -0.1) is 0 Å². The lowest BCUT2D eigenvalue weighted by atomic mass is 9.95. The molecule has 3 heterocycles. The summed E-state index contributed by atoms with van der Waals surface area (Å²) in [5.74, 6) is -1.01. The van der Waals surface area contributed by atoms with E-state index in [2.05, 4.69) is 4.99 Å². The molecule has 0 spiro atoms. The van der Waals surface area contributed by atoms with Crippen LogP contribution in [0.5, 0.6) is 11.5 Å². The van der Waals surface area contributed by atoms with Gasteiger partial charge in [-0.05, 0) is 37.6 Å². The molecule has 11 heteroatoms. The Balaban J connectivity index is 1.81. The molecular weight excluding hydrogens is 522 g/mol. The number of thiazole rings is 1. The third-order valence-electron chi connectivity index (χ3n) is 6.63. The first-order valence-corrected chi connectivity index (χ1v) is 12.9. The van der Waals surface area contributed by atoms with Crippen molar-refractivity contribution in [1.29, 1.82) is 0 Å². The van der Waals surface area contributed by atoms with E-state index in [-0.39, 0.29) is 27.5 Å². The van der Waals surface area contributed by atoms with Gasteiger partial charge in [-0.25, -0.2) is 9.79 Å². The average molecular weight is 548 g/mol. The standard InChI is InChI=1S/C28H25N3O7S/c1-6-30-18-10-8-7-9-17(18)22(25(30)33)24-26(34)31-23(21(27(35)37-5)14(2)29-28(31)39-24)16-11-12-19(38-15(3)32)20(13-16)36-4/h7-13,23H,6H2,1-5H3/b24-22-. The second-order valence-electron chi connectivity index (χ2n) is 8.84. The van der Waals surface area contributed by atoms with Gasteiger partial charge in [0, 0.05) is 19.0 Å². The summed E-state index contributed by atoms with van der Waals surface area (Å²) in [6.07, 6.45) is 0. The Bertz CT molecular complexity index is 1770. The minimum Gasteiger partial charge on any atom is -0.493 e. The highest BCUT2D eigenvalue weighted by Crippen LogP contribution is 2.37. The molecule has 2 aromatic carbocycles. The van der Waals surface area contributed by atoms with Gasteiger partial charge in [0.05, 0.1) is 42.8 Å². The summed E-state index contributed by atoms with van der Waals surface area (Å²) < 4.78 is 17.4. The number of benzene rings is 2. The summed E-state index contributed by atoms with van der Waals surface area (Å²) in [6.45, 7) is 5.26. The SMILES string of the molecule is CCN1C(=O)/C(=c2\sc3n(c2=O)C(c2ccc(OC(C)=O)c(OC)c2)C(C(=O)OC)=C(C)N=3)c2ccccc21. The molecule has 39 heavy (non-hydrogen) atoms. The van der Waals surface area contributed by atoms with Crippen LogP contribution in [0.1, 0.15) is 37.9 Å². The molecule has 2 aliphatic rings. The number of anilines is 1. The third-order valence-corrected chi connectivity index (χ3v) is 7.68. The number of hydrogen-bond donors (Lipinski definition) is 0. The Morgan fingerprint density at radius 2 is 1.82 bits per heavy atom. The first-order chi connectivity index (χ1) is 18.7. The lowest BCUT2D eigenvalue weighted by molar-refractivity contribution is -0.136. The number of amides is 1. The number of nitrogens with zero attached hydrogens (tertiary/aromatic N) is 3. The molecule has 1 aromatic heterocycles. The van der Waals surface area contributed by atoms with Gasteiger partial charge in [-0.3, -0.25) is 19.0 Å². The Kier molecular flexibility index (Phi) is 6.69. The van der Waals surface area contributed by atoms with E-state index in [9.17, 15) is 19.2 Å². The first kappa shape index (κ1) is 26.1. The number of fused-ring (bicyclic) bond motifs is 2. The van der Waals surface area contributed by atoms with E-state index in [4.69, 9.17) is 14.2 Å². The second kappa shape index (κ2) is 9.99. The van der Waals surface area contributed by atoms with Gasteiger partial charge in [0.25, 0.3) is 11.5 Å². The van der Waals surface area contributed by atoms with E-state index in [1.54, 1.807) is 24.0 Å². The van der Waals surface area contributed by atoms with Gasteiger partial charge in [0.1, 0.15) is 4.53 Å². The maximum atomic E-state index is 14.1. The van der Waals surface area contributed by atoms with Crippen molar-refractivity contribution in [2.24, 2.45) is 4.99 Å². The zero-order chi connectivity index (χ0) is 28.0. The van der Waals surface area contributed by atoms with Gasteiger partial charge in [-0.2, -0.15) is 0 Å². The number of likely N-dealkylation sites (N-methyl/N-ethyl adjacent to an activating group) is 1. The summed E-state index contributed by atoms with van der Waals surface area (Å²) >= 11 is 1.10. The quantitative estimate of drug-likeness (QED) is 0.355. The summed E-state index contributed by atoms with van der Waals surface area (Å²) in [6, 6.07) is 11.2. The maximum absolute atomic E-state index is 14.1. The molecule has 0 saturated carbocycles. The number of ether oxygens (including phenoxy) is 3. The molecule has 200 valence electrons. The molecule has 1 atom stereocenters. The Labute approximate surface area is 227 Å². The number of aromatic nitrogens is 1. The van der Waals surface area contributed by atoms with Gasteiger partial charge < -0.3 is 19.1 Å². The third kappa shape index (κ3) is 4.15. The van der Waals surface area contributed by atoms with E-state index in [0.29, 0.717) is 33.7 Å². The molecule has 0 radical (unpaired) electrons. The van der Waals surface area contributed by atoms with E-state index in [0.717, 1.165) is 17.0 Å². The molecule has 0 bridgehead atoms. The molecule has 0 N–H and O–H groups in total. The fourth-order valence-electron chi connectivity index (χ4n) is 4.97. The van der Waals surface area contributed by atoms with Crippen molar-refractivity contribution in [3.05, 3.63) is 84.5 Å². The molecule has 0 aliphatic carbocycles. The molecule has 3 aromatic rings. The largest absolute Gasteiger partial charge is 0.493 e. The fraction of sp³-hybridized carbons (Fsp3) is 0.250. The molecule has 0 fully saturated rings. The summed E-state index contributed by atoms with van der Waals surface area (Å²) in [5, 5.41) is 0. The summed E-state index contributed by atoms with van der Waals surface area (Å²) in [7, 11) is 2.68. The lowest BCUT2D eigenvalue weighted by Gasteiger charge is -2.25. The highest BCUT2D eigenvalue weighted by molar-refractivity contribution is 7.07. The van der Waals surface area contributed by atoms with Crippen molar-refractivity contribution in [2.45, 2.75) is 26.8 Å². The Hall–Kier alpha value is -4.51. The van der Waals surface area contributed by atoms with Crippen LogP contribution in [0.4, 0.5) is 5.69 Å². The van der Waals surface area contributed by atoms with E-state index in [1.807, 2.05) is 31.2 Å². The van der Waals surface area contributed by atoms with Crippen LogP contribution >= 0.6 is 11.3 Å². The van der Waals surface area contributed by atoms with Crippen LogP contribution in [0.15, 0.2) is 63.5 Å². The van der Waals surface area contributed by atoms with Crippen molar-refractivity contribution in [2.75, 3.05) is 25.7 Å². The zero-order valence-electron chi connectivity index (χ0n) is 21.9. The summed E-state index contributed by atoms with van der Waals surface area (Å²) in [5.41, 5.74) is 2.29. The van der Waals surface area contributed by atoms with Crippen LogP contribution in [-0.4, -0.2) is 43.2 Å². The van der Waals surface area contributed by atoms with Crippen molar-refractivity contribution < 1.29 is 28.6 Å². The number of methoxy groups -OCH3 is 2. The van der Waals surface area contributed by atoms with Crippen molar-refractivity contribution in [3.63, 3.8) is 0 Å². The van der Waals surface area contributed by atoms with Crippen LogP contribution in [0, 0.1) is 0 Å². The van der Waals surface area contributed by atoms with E-state index < -0.39 is 23.5 Å². The van der Waals surface area contributed by atoms with Crippen LogP contribution in [0.3, 0.4) is 0 Å². The normalized spacial score (nSPS) is 17.4. The van der Waals surface area contributed by atoms with Gasteiger partial charge >= 0.3 is 11.9 Å². The molecule has 5 rings (SSSR count). The number of hydrogen-bond acceptors (Lipinski definition) is 9. The monoisotopic (exact) mass is 547 g/mol. The molecule has 1 unspecified atom stereocenters. The highest BCUT2D eigenvalue weighted by Gasteiger charge is 2.37. The average Bonchev–Trinajstić information content (AvgIpc) is 3.39. The van der Waals surface area contributed by atoms with Crippen LogP contribution in [-0.2, 0) is 19.1 Å². The van der Waals surface area contributed by atoms with Gasteiger partial charge in [0.2, 0.25) is 0 Å². The second-order valence-corrected chi connectivity index (χ2v) is 9.82. The van der Waals surface area contributed by atoms with Crippen LogP contribution in [0.25, 0.3) is 5.57 Å². The molecule has 2 aliphatic heterocycles. The lowest BCUT2D eigenvalue weighted by Crippen LogP contribution is -2.40. The predicted molar refractivity (Wildman–Crippen MR) is 143 cm³/mol. The topological polar surface area (TPSA) is 117 Å². The Morgan fingerprint density at radius 1 is 1.08 bits per heavy atom. The zero-order valence-corrected chi connectivity index (χ0v) is 22.8. The minimum atomic E-state index is -0.933. The fourth-order valence-corrected chi connectivity index (χ4v) is 6.10. The molecule has 1 amide bonds. The number of carbonyl (C=O) groups is 3. The van der Waals surface area contributed by atoms with Crippen LogP contribution in [0.2, 0.25) is 0 Å². The number of allylic oxidation sites excluding steroid dienone is 1. The van der Waals surface area contributed by atoms with E-state index in [1.165, 1.54) is 31.8 Å². The first-order valence-electron chi connectivity index (χ1n) is 12.1. The number of carbonyl (C=O) groups excluding carboxylic acids is 3. The molecule has 10 nitrogen and oxygen atoms in total. The van der Waals surface area contributed by atoms with E-state index >= 15 is 0 Å². The predicted octanol–water partition coefficient (Wildman–Crippen LogP) is 2.08.